The molecule has 21 heavy (non-hydrogen) atoms. The summed E-state index contributed by atoms with van der Waals surface area (Å²) in [6, 6.07) is 4.10. The average Bonchev–Trinajstić information content (AvgIpc) is 2.48. The topological polar surface area (TPSA) is 64.0 Å². The van der Waals surface area contributed by atoms with E-state index in [-0.39, 0.29) is 12.4 Å². The zero-order chi connectivity index (χ0) is 14.4. The highest BCUT2D eigenvalue weighted by Gasteiger charge is 2.10. The number of rotatable bonds is 6. The molecule has 2 heterocycles. The Kier molecular flexibility index (Phi) is 6.81. The highest BCUT2D eigenvalue weighted by atomic mass is 35.5. The molecule has 6 nitrogen and oxygen atoms in total. The maximum Gasteiger partial charge on any atom is 0.321 e. The van der Waals surface area contributed by atoms with Crippen LogP contribution in [-0.4, -0.2) is 40.6 Å². The van der Waals surface area contributed by atoms with Gasteiger partial charge in [0.1, 0.15) is 0 Å². The molecule has 0 amide bonds. The maximum atomic E-state index is 5.59. The summed E-state index contributed by atoms with van der Waals surface area (Å²) in [7, 11) is 3.78. The Bertz CT molecular complexity index is 550. The zero-order valence-electron chi connectivity index (χ0n) is 12.5. The Morgan fingerprint density at radius 2 is 1.81 bits per heavy atom. The fourth-order valence-electron chi connectivity index (χ4n) is 1.55. The molecule has 0 aliphatic carbocycles. The largest absolute Gasteiger partial charge is 0.463 e. The predicted molar refractivity (Wildman–Crippen MR) is 85.0 cm³/mol. The lowest BCUT2D eigenvalue weighted by molar-refractivity contribution is 0.285. The van der Waals surface area contributed by atoms with E-state index in [1.54, 1.807) is 12.4 Å². The number of hydrogen-bond acceptors (Lipinski definition) is 6. The van der Waals surface area contributed by atoms with E-state index >= 15 is 0 Å². The van der Waals surface area contributed by atoms with E-state index in [0.29, 0.717) is 24.4 Å². The second kappa shape index (κ2) is 8.36. The van der Waals surface area contributed by atoms with Gasteiger partial charge in [0.05, 0.1) is 6.61 Å². The van der Waals surface area contributed by atoms with Crippen molar-refractivity contribution in [2.24, 2.45) is 0 Å². The molecule has 0 aromatic carbocycles. The predicted octanol–water partition coefficient (Wildman–Crippen LogP) is 2.60. The van der Waals surface area contributed by atoms with Crippen LogP contribution in [0.3, 0.4) is 0 Å². The van der Waals surface area contributed by atoms with Crippen LogP contribution in [0.15, 0.2) is 24.5 Å². The number of pyridine rings is 1. The minimum atomic E-state index is 0. The highest BCUT2D eigenvalue weighted by molar-refractivity contribution is 5.85. The molecular weight excluding hydrogens is 290 g/mol. The van der Waals surface area contributed by atoms with Gasteiger partial charge in [-0.1, -0.05) is 13.3 Å². The highest BCUT2D eigenvalue weighted by Crippen LogP contribution is 2.19. The molecule has 0 bridgehead atoms. The van der Waals surface area contributed by atoms with E-state index in [9.17, 15) is 0 Å². The molecule has 0 atom stereocenters. The number of unbranched alkanes of at least 4 members (excludes halogenated alkanes) is 1. The third kappa shape index (κ3) is 4.82. The van der Waals surface area contributed by atoms with Crippen molar-refractivity contribution in [1.29, 1.82) is 0 Å². The van der Waals surface area contributed by atoms with Gasteiger partial charge in [-0.2, -0.15) is 15.0 Å². The van der Waals surface area contributed by atoms with Crippen molar-refractivity contribution in [3.8, 4) is 17.4 Å². The zero-order valence-corrected chi connectivity index (χ0v) is 13.3. The standard InChI is InChI=1S/C14H19N5O.ClH/c1-4-5-10-20-14-17-12(11-6-8-15-9-7-11)16-13(18-14)19(2)3;/h6-9H,4-5,10H2,1-3H3;1H. The van der Waals surface area contributed by atoms with Gasteiger partial charge in [-0.25, -0.2) is 0 Å². The van der Waals surface area contributed by atoms with Crippen molar-refractivity contribution < 1.29 is 4.74 Å². The Labute approximate surface area is 131 Å². The van der Waals surface area contributed by atoms with Crippen LogP contribution in [0.1, 0.15) is 19.8 Å². The van der Waals surface area contributed by atoms with E-state index < -0.39 is 0 Å². The van der Waals surface area contributed by atoms with E-state index in [4.69, 9.17) is 4.74 Å². The lowest BCUT2D eigenvalue weighted by atomic mass is 10.2. The molecule has 2 rings (SSSR count). The lowest BCUT2D eigenvalue weighted by Gasteiger charge is -2.13. The van der Waals surface area contributed by atoms with Crippen molar-refractivity contribution in [3.63, 3.8) is 0 Å². The number of nitrogens with zero attached hydrogens (tertiary/aromatic N) is 5. The van der Waals surface area contributed by atoms with Crippen molar-refractivity contribution in [1.82, 2.24) is 19.9 Å². The molecule has 114 valence electrons. The Balaban J connectivity index is 0.00000220. The third-order valence-electron chi connectivity index (χ3n) is 2.67. The monoisotopic (exact) mass is 309 g/mol. The molecule has 0 aliphatic rings. The summed E-state index contributed by atoms with van der Waals surface area (Å²) in [6.45, 7) is 2.73. The Hall–Kier alpha value is -1.95. The molecular formula is C14H20ClN5O. The second-order valence-electron chi connectivity index (χ2n) is 4.57. The summed E-state index contributed by atoms with van der Waals surface area (Å²) < 4.78 is 5.59. The van der Waals surface area contributed by atoms with Crippen LogP contribution in [0, 0.1) is 0 Å². The quantitative estimate of drug-likeness (QED) is 0.764. The van der Waals surface area contributed by atoms with Crippen LogP contribution in [-0.2, 0) is 0 Å². The average molecular weight is 310 g/mol. The van der Waals surface area contributed by atoms with Crippen LogP contribution < -0.4 is 9.64 Å². The van der Waals surface area contributed by atoms with Gasteiger partial charge >= 0.3 is 6.01 Å². The SMILES string of the molecule is CCCCOc1nc(-c2ccncc2)nc(N(C)C)n1.Cl. The first-order chi connectivity index (χ1) is 9.70. The molecule has 0 N–H and O–H groups in total. The fourth-order valence-corrected chi connectivity index (χ4v) is 1.55. The van der Waals surface area contributed by atoms with Crippen molar-refractivity contribution >= 4 is 18.4 Å². The fraction of sp³-hybridized carbons (Fsp3) is 0.429. The first-order valence-electron chi connectivity index (χ1n) is 6.67. The second-order valence-corrected chi connectivity index (χ2v) is 4.57. The van der Waals surface area contributed by atoms with Crippen LogP contribution in [0.4, 0.5) is 5.95 Å². The van der Waals surface area contributed by atoms with E-state index in [0.717, 1.165) is 18.4 Å². The summed E-state index contributed by atoms with van der Waals surface area (Å²) in [6.07, 6.45) is 5.48. The normalized spacial score (nSPS) is 9.86. The lowest BCUT2D eigenvalue weighted by Crippen LogP contribution is -2.15. The molecule has 0 unspecified atom stereocenters. The van der Waals surface area contributed by atoms with E-state index in [1.165, 1.54) is 0 Å². The van der Waals surface area contributed by atoms with E-state index in [2.05, 4.69) is 26.9 Å². The Morgan fingerprint density at radius 1 is 1.10 bits per heavy atom. The molecule has 0 spiro atoms. The molecule has 0 aliphatic heterocycles. The van der Waals surface area contributed by atoms with Gasteiger partial charge in [0, 0.05) is 32.1 Å². The summed E-state index contributed by atoms with van der Waals surface area (Å²) in [5.74, 6) is 1.18. The Morgan fingerprint density at radius 3 is 2.43 bits per heavy atom. The summed E-state index contributed by atoms with van der Waals surface area (Å²) in [5, 5.41) is 0. The first kappa shape index (κ1) is 17.1. The molecule has 0 radical (unpaired) electrons. The number of anilines is 1. The number of halogens is 1. The van der Waals surface area contributed by atoms with Crippen molar-refractivity contribution in [2.45, 2.75) is 19.8 Å². The van der Waals surface area contributed by atoms with Gasteiger partial charge < -0.3 is 9.64 Å². The van der Waals surface area contributed by atoms with Crippen LogP contribution >= 0.6 is 12.4 Å². The molecule has 2 aromatic rings. The smallest absolute Gasteiger partial charge is 0.321 e. The van der Waals surface area contributed by atoms with Crippen molar-refractivity contribution in [2.75, 3.05) is 25.6 Å². The molecule has 7 heteroatoms. The van der Waals surface area contributed by atoms with Crippen molar-refractivity contribution in [3.05, 3.63) is 24.5 Å². The molecule has 0 fully saturated rings. The summed E-state index contributed by atoms with van der Waals surface area (Å²) in [5.41, 5.74) is 0.894. The van der Waals surface area contributed by atoms with Gasteiger partial charge in [0.15, 0.2) is 5.82 Å². The van der Waals surface area contributed by atoms with Gasteiger partial charge in [-0.15, -0.1) is 12.4 Å². The van der Waals surface area contributed by atoms with Gasteiger partial charge in [-0.05, 0) is 18.6 Å². The van der Waals surface area contributed by atoms with Gasteiger partial charge in [0.2, 0.25) is 5.95 Å². The number of ether oxygens (including phenoxy) is 1. The van der Waals surface area contributed by atoms with Crippen LogP contribution in [0.2, 0.25) is 0 Å². The molecule has 0 saturated heterocycles. The first-order valence-corrected chi connectivity index (χ1v) is 6.67. The minimum absolute atomic E-state index is 0. The van der Waals surface area contributed by atoms with E-state index in [1.807, 2.05) is 31.1 Å². The van der Waals surface area contributed by atoms with Gasteiger partial charge in [0.25, 0.3) is 0 Å². The molecule has 0 saturated carbocycles. The molecule has 2 aromatic heterocycles. The summed E-state index contributed by atoms with van der Waals surface area (Å²) >= 11 is 0. The third-order valence-corrected chi connectivity index (χ3v) is 2.67. The maximum absolute atomic E-state index is 5.59. The number of aromatic nitrogens is 4. The van der Waals surface area contributed by atoms with Gasteiger partial charge in [-0.3, -0.25) is 4.98 Å². The number of hydrogen-bond donors (Lipinski definition) is 0. The minimum Gasteiger partial charge on any atom is -0.463 e. The van der Waals surface area contributed by atoms with Crippen LogP contribution in [0.25, 0.3) is 11.4 Å². The van der Waals surface area contributed by atoms with Crippen LogP contribution in [0.5, 0.6) is 6.01 Å². The summed E-state index contributed by atoms with van der Waals surface area (Å²) in [4.78, 5) is 18.9.